The van der Waals surface area contributed by atoms with Crippen LogP contribution in [0, 0.1) is 0 Å². The Labute approximate surface area is 162 Å². The lowest BCUT2D eigenvalue weighted by Gasteiger charge is -2.32. The van der Waals surface area contributed by atoms with Gasteiger partial charge in [0.25, 0.3) is 5.91 Å². The molecule has 27 heavy (non-hydrogen) atoms. The van der Waals surface area contributed by atoms with Crippen molar-refractivity contribution in [1.29, 1.82) is 0 Å². The van der Waals surface area contributed by atoms with Crippen LogP contribution in [0.5, 0.6) is 0 Å². The number of rotatable bonds is 3. The van der Waals surface area contributed by atoms with E-state index < -0.39 is 10.0 Å². The lowest BCUT2D eigenvalue weighted by atomic mass is 10.1. The molecule has 0 spiro atoms. The highest BCUT2D eigenvalue weighted by atomic mass is 32.2. The van der Waals surface area contributed by atoms with E-state index in [2.05, 4.69) is 5.32 Å². The first-order valence-electron chi connectivity index (χ1n) is 10.1. The van der Waals surface area contributed by atoms with Crippen LogP contribution in [0.25, 0.3) is 0 Å². The molecule has 148 valence electrons. The maximum Gasteiger partial charge on any atom is 0.254 e. The van der Waals surface area contributed by atoms with E-state index >= 15 is 0 Å². The normalized spacial score (nSPS) is 29.5. The minimum Gasteiger partial charge on any atom is -0.331 e. The molecule has 0 radical (unpaired) electrons. The molecule has 2 bridgehead atoms. The molecular formula is C20H29N3O3S. The van der Waals surface area contributed by atoms with Crippen molar-refractivity contribution in [3.8, 4) is 0 Å². The van der Waals surface area contributed by atoms with Crippen LogP contribution in [0.15, 0.2) is 29.2 Å². The predicted octanol–water partition coefficient (Wildman–Crippen LogP) is 2.22. The van der Waals surface area contributed by atoms with Crippen LogP contribution in [0.2, 0.25) is 0 Å². The van der Waals surface area contributed by atoms with E-state index in [0.717, 1.165) is 51.6 Å². The van der Waals surface area contributed by atoms with Crippen LogP contribution in [-0.2, 0) is 10.0 Å². The molecule has 3 atom stereocenters. The van der Waals surface area contributed by atoms with Crippen molar-refractivity contribution in [3.05, 3.63) is 29.8 Å². The topological polar surface area (TPSA) is 69.7 Å². The number of nitrogens with zero attached hydrogens (tertiary/aromatic N) is 2. The number of amides is 1. The molecule has 1 aromatic rings. The third kappa shape index (κ3) is 3.52. The van der Waals surface area contributed by atoms with Gasteiger partial charge in [-0.25, -0.2) is 8.42 Å². The maximum absolute atomic E-state index is 13.1. The summed E-state index contributed by atoms with van der Waals surface area (Å²) < 4.78 is 27.5. The second kappa shape index (κ2) is 7.53. The molecule has 1 N–H and O–H groups in total. The second-order valence-corrected chi connectivity index (χ2v) is 9.97. The number of carbonyl (C=O) groups excluding carboxylic acids is 1. The monoisotopic (exact) mass is 391 g/mol. The number of hydrogen-bond acceptors (Lipinski definition) is 4. The SMILES string of the molecule is CC1CCCCN1S(=O)(=O)c1ccc(C(=O)N2C3CCNCC2CC3)cc1. The fourth-order valence-electron chi connectivity index (χ4n) is 4.80. The Hall–Kier alpha value is -1.44. The predicted molar refractivity (Wildman–Crippen MR) is 104 cm³/mol. The molecule has 3 aliphatic heterocycles. The number of sulfonamides is 1. The van der Waals surface area contributed by atoms with Gasteiger partial charge in [-0.1, -0.05) is 6.42 Å². The van der Waals surface area contributed by atoms with Crippen LogP contribution >= 0.6 is 0 Å². The molecule has 7 heteroatoms. The summed E-state index contributed by atoms with van der Waals surface area (Å²) in [7, 11) is -3.50. The van der Waals surface area contributed by atoms with E-state index in [0.29, 0.717) is 18.2 Å². The Morgan fingerprint density at radius 3 is 2.52 bits per heavy atom. The van der Waals surface area contributed by atoms with Crippen LogP contribution in [-0.4, -0.2) is 61.3 Å². The van der Waals surface area contributed by atoms with Gasteiger partial charge in [-0.3, -0.25) is 4.79 Å². The van der Waals surface area contributed by atoms with E-state index in [1.807, 2.05) is 11.8 Å². The fraction of sp³-hybridized carbons (Fsp3) is 0.650. The van der Waals surface area contributed by atoms with Gasteiger partial charge in [0.1, 0.15) is 0 Å². The first-order valence-corrected chi connectivity index (χ1v) is 11.6. The Balaban J connectivity index is 1.54. The minimum absolute atomic E-state index is 0.0292. The van der Waals surface area contributed by atoms with Crippen molar-refractivity contribution in [3.63, 3.8) is 0 Å². The van der Waals surface area contributed by atoms with E-state index in [9.17, 15) is 13.2 Å². The summed E-state index contributed by atoms with van der Waals surface area (Å²) in [6.07, 6.45) is 5.99. The number of nitrogens with one attached hydrogen (secondary N) is 1. The van der Waals surface area contributed by atoms with Crippen LogP contribution in [0.3, 0.4) is 0 Å². The van der Waals surface area contributed by atoms with Crippen molar-refractivity contribution in [1.82, 2.24) is 14.5 Å². The van der Waals surface area contributed by atoms with Gasteiger partial charge in [0, 0.05) is 36.8 Å². The molecule has 1 amide bonds. The first kappa shape index (κ1) is 18.9. The van der Waals surface area contributed by atoms with E-state index in [-0.39, 0.29) is 22.9 Å². The second-order valence-electron chi connectivity index (χ2n) is 8.08. The van der Waals surface area contributed by atoms with Crippen molar-refractivity contribution in [2.45, 2.75) is 68.5 Å². The quantitative estimate of drug-likeness (QED) is 0.858. The molecular weight excluding hydrogens is 362 g/mol. The molecule has 0 saturated carbocycles. The van der Waals surface area contributed by atoms with Crippen LogP contribution < -0.4 is 5.32 Å². The lowest BCUT2D eigenvalue weighted by molar-refractivity contribution is 0.0680. The molecule has 3 heterocycles. The molecule has 3 saturated heterocycles. The molecule has 6 nitrogen and oxygen atoms in total. The standard InChI is InChI=1S/C20H29N3O3S/c1-15-4-2-3-13-22(15)27(25,26)19-9-5-16(6-10-19)20(24)23-17-7-8-18(23)14-21-12-11-17/h5-6,9-10,15,17-18,21H,2-4,7-8,11-14H2,1H3. The highest BCUT2D eigenvalue weighted by Crippen LogP contribution is 2.30. The molecule has 0 aromatic heterocycles. The van der Waals surface area contributed by atoms with Gasteiger partial charge in [0.15, 0.2) is 0 Å². The average molecular weight is 392 g/mol. The van der Waals surface area contributed by atoms with Crippen molar-refractivity contribution < 1.29 is 13.2 Å². The lowest BCUT2D eigenvalue weighted by Crippen LogP contribution is -2.42. The summed E-state index contributed by atoms with van der Waals surface area (Å²) in [5.41, 5.74) is 0.583. The molecule has 3 fully saturated rings. The summed E-state index contributed by atoms with van der Waals surface area (Å²) in [5, 5.41) is 3.41. The Morgan fingerprint density at radius 1 is 1.04 bits per heavy atom. The summed E-state index contributed by atoms with van der Waals surface area (Å²) in [4.78, 5) is 15.4. The third-order valence-electron chi connectivity index (χ3n) is 6.34. The number of carbonyl (C=O) groups is 1. The minimum atomic E-state index is -3.50. The number of piperidine rings is 1. The summed E-state index contributed by atoms with van der Waals surface area (Å²) in [5.74, 6) is 0.0292. The van der Waals surface area contributed by atoms with Gasteiger partial charge in [-0.15, -0.1) is 0 Å². The number of hydrogen-bond donors (Lipinski definition) is 1. The van der Waals surface area contributed by atoms with Gasteiger partial charge in [-0.05, 0) is 69.8 Å². The molecule has 3 unspecified atom stereocenters. The Morgan fingerprint density at radius 2 is 1.78 bits per heavy atom. The zero-order valence-corrected chi connectivity index (χ0v) is 16.7. The number of fused-ring (bicyclic) bond motifs is 2. The van der Waals surface area contributed by atoms with Gasteiger partial charge in [0.05, 0.1) is 4.90 Å². The summed E-state index contributed by atoms with van der Waals surface area (Å²) in [6, 6.07) is 7.15. The Kier molecular flexibility index (Phi) is 5.27. The van der Waals surface area contributed by atoms with Crippen molar-refractivity contribution >= 4 is 15.9 Å². The van der Waals surface area contributed by atoms with E-state index in [1.54, 1.807) is 28.6 Å². The fourth-order valence-corrected chi connectivity index (χ4v) is 6.50. The molecule has 3 aliphatic rings. The molecule has 1 aromatic carbocycles. The zero-order chi connectivity index (χ0) is 19.0. The zero-order valence-electron chi connectivity index (χ0n) is 15.9. The van der Waals surface area contributed by atoms with Crippen LogP contribution in [0.4, 0.5) is 0 Å². The van der Waals surface area contributed by atoms with Gasteiger partial charge >= 0.3 is 0 Å². The van der Waals surface area contributed by atoms with Gasteiger partial charge in [-0.2, -0.15) is 4.31 Å². The molecule has 4 rings (SSSR count). The van der Waals surface area contributed by atoms with Gasteiger partial charge < -0.3 is 10.2 Å². The summed E-state index contributed by atoms with van der Waals surface area (Å²) >= 11 is 0. The first-order chi connectivity index (χ1) is 13.0. The number of benzene rings is 1. The smallest absolute Gasteiger partial charge is 0.254 e. The highest BCUT2D eigenvalue weighted by molar-refractivity contribution is 7.89. The van der Waals surface area contributed by atoms with Crippen molar-refractivity contribution in [2.24, 2.45) is 0 Å². The van der Waals surface area contributed by atoms with Crippen molar-refractivity contribution in [2.75, 3.05) is 19.6 Å². The highest BCUT2D eigenvalue weighted by Gasteiger charge is 2.38. The van der Waals surface area contributed by atoms with E-state index in [4.69, 9.17) is 0 Å². The Bertz CT molecular complexity index is 779. The summed E-state index contributed by atoms with van der Waals surface area (Å²) in [6.45, 7) is 4.35. The van der Waals surface area contributed by atoms with Gasteiger partial charge in [0.2, 0.25) is 10.0 Å². The third-order valence-corrected chi connectivity index (χ3v) is 8.37. The molecule has 0 aliphatic carbocycles. The largest absolute Gasteiger partial charge is 0.331 e. The van der Waals surface area contributed by atoms with Crippen LogP contribution in [0.1, 0.15) is 55.8 Å². The van der Waals surface area contributed by atoms with E-state index in [1.165, 1.54) is 0 Å². The average Bonchev–Trinajstić information content (AvgIpc) is 2.94. The maximum atomic E-state index is 13.1.